The van der Waals surface area contributed by atoms with Crippen molar-refractivity contribution in [2.75, 3.05) is 6.67 Å². The van der Waals surface area contributed by atoms with Gasteiger partial charge in [-0.25, -0.2) is 0 Å². The Balaban J connectivity index is 1.96. The molecule has 0 saturated carbocycles. The molecule has 0 amide bonds. The van der Waals surface area contributed by atoms with Crippen molar-refractivity contribution >= 4 is 11.6 Å². The summed E-state index contributed by atoms with van der Waals surface area (Å²) in [4.78, 5) is 0. The van der Waals surface area contributed by atoms with Crippen LogP contribution in [0.2, 0.25) is 5.02 Å². The van der Waals surface area contributed by atoms with Crippen molar-refractivity contribution in [1.82, 2.24) is 16.0 Å². The van der Waals surface area contributed by atoms with E-state index in [2.05, 4.69) is 16.0 Å². The van der Waals surface area contributed by atoms with Gasteiger partial charge in [-0.15, -0.1) is 0 Å². The van der Waals surface area contributed by atoms with Crippen molar-refractivity contribution in [1.29, 1.82) is 0 Å². The van der Waals surface area contributed by atoms with Gasteiger partial charge in [0.25, 0.3) is 0 Å². The van der Waals surface area contributed by atoms with Crippen molar-refractivity contribution in [3.63, 3.8) is 0 Å². The van der Waals surface area contributed by atoms with Crippen LogP contribution in [0.5, 0.6) is 0 Å². The van der Waals surface area contributed by atoms with E-state index in [0.717, 1.165) is 11.7 Å². The van der Waals surface area contributed by atoms with Crippen LogP contribution < -0.4 is 16.0 Å². The van der Waals surface area contributed by atoms with E-state index < -0.39 is 0 Å². The first-order valence-electron chi connectivity index (χ1n) is 5.24. The highest BCUT2D eigenvalue weighted by Gasteiger charge is 2.24. The molecule has 3 rings (SSSR count). The molecule has 0 radical (unpaired) electrons. The highest BCUT2D eigenvalue weighted by molar-refractivity contribution is 6.30. The largest absolute Gasteiger partial charge is 0.379 e. The number of dihydropyridines is 1. The third kappa shape index (κ3) is 1.53. The first-order valence-corrected chi connectivity index (χ1v) is 5.62. The molecule has 1 aromatic rings. The van der Waals surface area contributed by atoms with Gasteiger partial charge in [0.2, 0.25) is 0 Å². The van der Waals surface area contributed by atoms with Gasteiger partial charge in [0.05, 0.1) is 24.1 Å². The molecule has 0 saturated heterocycles. The minimum Gasteiger partial charge on any atom is -0.379 e. The first-order chi connectivity index (χ1) is 7.84. The normalized spacial score (nSPS) is 22.2. The monoisotopic (exact) mass is 233 g/mol. The van der Waals surface area contributed by atoms with E-state index in [1.54, 1.807) is 0 Å². The Bertz CT molecular complexity index is 462. The first kappa shape index (κ1) is 9.60. The van der Waals surface area contributed by atoms with Crippen LogP contribution in [0.15, 0.2) is 47.9 Å². The fourth-order valence-electron chi connectivity index (χ4n) is 2.06. The Morgan fingerprint density at radius 2 is 1.94 bits per heavy atom. The maximum Gasteiger partial charge on any atom is 0.0931 e. The zero-order valence-corrected chi connectivity index (χ0v) is 9.38. The van der Waals surface area contributed by atoms with Gasteiger partial charge in [-0.1, -0.05) is 23.7 Å². The van der Waals surface area contributed by atoms with Gasteiger partial charge in [-0.2, -0.15) is 0 Å². The third-order valence-electron chi connectivity index (χ3n) is 2.85. The summed E-state index contributed by atoms with van der Waals surface area (Å²) in [6, 6.07) is 8.11. The van der Waals surface area contributed by atoms with Gasteiger partial charge in [0.15, 0.2) is 0 Å². The summed E-state index contributed by atoms with van der Waals surface area (Å²) in [6.07, 6.45) is 4.01. The summed E-state index contributed by atoms with van der Waals surface area (Å²) >= 11 is 5.89. The Hall–Kier alpha value is -1.61. The average Bonchev–Trinajstić information content (AvgIpc) is 2.78. The van der Waals surface area contributed by atoms with Gasteiger partial charge in [-0.05, 0) is 30.0 Å². The molecule has 2 aliphatic rings. The van der Waals surface area contributed by atoms with Gasteiger partial charge >= 0.3 is 0 Å². The number of halogens is 1. The standard InChI is InChI=1S/C12H12ClN3/c13-9-3-1-8(2-4-9)11-12-10(5-6-14-11)15-7-16-12/h1-6,11,14-16H,7H2. The summed E-state index contributed by atoms with van der Waals surface area (Å²) in [6.45, 7) is 0.792. The molecule has 2 aliphatic heterocycles. The number of allylic oxidation sites excluding steroid dienone is 1. The summed E-state index contributed by atoms with van der Waals surface area (Å²) in [5, 5.41) is 10.7. The zero-order chi connectivity index (χ0) is 11.0. The minimum absolute atomic E-state index is 0.187. The molecular formula is C12H12ClN3. The summed E-state index contributed by atoms with van der Waals surface area (Å²) in [5.74, 6) is 0. The molecule has 3 nitrogen and oxygen atoms in total. The summed E-state index contributed by atoms with van der Waals surface area (Å²) in [7, 11) is 0. The van der Waals surface area contributed by atoms with Crippen molar-refractivity contribution in [2.24, 2.45) is 0 Å². The molecular weight excluding hydrogens is 222 g/mol. The van der Waals surface area contributed by atoms with Gasteiger partial charge in [0.1, 0.15) is 0 Å². The second-order valence-corrected chi connectivity index (χ2v) is 4.28. The van der Waals surface area contributed by atoms with Crippen LogP contribution in [-0.2, 0) is 0 Å². The Morgan fingerprint density at radius 1 is 1.12 bits per heavy atom. The lowest BCUT2D eigenvalue weighted by atomic mass is 10.0. The maximum absolute atomic E-state index is 5.89. The molecule has 1 unspecified atom stereocenters. The van der Waals surface area contributed by atoms with E-state index in [9.17, 15) is 0 Å². The number of rotatable bonds is 1. The Kier molecular flexibility index (Phi) is 2.26. The molecule has 82 valence electrons. The highest BCUT2D eigenvalue weighted by Crippen LogP contribution is 2.27. The quantitative estimate of drug-likeness (QED) is 0.693. The SMILES string of the molecule is Clc1ccc(C2NC=CC3=C2NCN3)cc1. The number of hydrogen-bond acceptors (Lipinski definition) is 3. The second-order valence-electron chi connectivity index (χ2n) is 3.84. The smallest absolute Gasteiger partial charge is 0.0931 e. The fraction of sp³-hybridized carbons (Fsp3) is 0.167. The molecule has 1 atom stereocenters. The van der Waals surface area contributed by atoms with Crippen molar-refractivity contribution in [2.45, 2.75) is 6.04 Å². The van der Waals surface area contributed by atoms with E-state index in [0.29, 0.717) is 0 Å². The molecule has 16 heavy (non-hydrogen) atoms. The van der Waals surface area contributed by atoms with E-state index in [-0.39, 0.29) is 6.04 Å². The topological polar surface area (TPSA) is 36.1 Å². The van der Waals surface area contributed by atoms with E-state index >= 15 is 0 Å². The van der Waals surface area contributed by atoms with E-state index in [1.807, 2.05) is 36.5 Å². The van der Waals surface area contributed by atoms with E-state index in [4.69, 9.17) is 11.6 Å². The summed E-state index contributed by atoms with van der Waals surface area (Å²) in [5.41, 5.74) is 3.57. The molecule has 0 spiro atoms. The number of nitrogens with one attached hydrogen (secondary N) is 3. The van der Waals surface area contributed by atoms with Gasteiger partial charge < -0.3 is 16.0 Å². The Labute approximate surface area is 99.2 Å². The molecule has 2 heterocycles. The van der Waals surface area contributed by atoms with Crippen LogP contribution in [0.3, 0.4) is 0 Å². The van der Waals surface area contributed by atoms with Crippen molar-refractivity contribution in [3.8, 4) is 0 Å². The average molecular weight is 234 g/mol. The number of benzene rings is 1. The molecule has 3 N–H and O–H groups in total. The predicted molar refractivity (Wildman–Crippen MR) is 64.6 cm³/mol. The molecule has 0 bridgehead atoms. The third-order valence-corrected chi connectivity index (χ3v) is 3.10. The van der Waals surface area contributed by atoms with Crippen molar-refractivity contribution in [3.05, 3.63) is 58.5 Å². The minimum atomic E-state index is 0.187. The zero-order valence-electron chi connectivity index (χ0n) is 8.63. The Morgan fingerprint density at radius 3 is 2.75 bits per heavy atom. The van der Waals surface area contributed by atoms with Crippen LogP contribution in [0, 0.1) is 0 Å². The van der Waals surface area contributed by atoms with E-state index in [1.165, 1.54) is 17.0 Å². The van der Waals surface area contributed by atoms with Gasteiger partial charge in [0, 0.05) is 5.02 Å². The fourth-order valence-corrected chi connectivity index (χ4v) is 2.19. The lowest BCUT2D eigenvalue weighted by molar-refractivity contribution is 0.652. The van der Waals surface area contributed by atoms with Crippen LogP contribution in [0.25, 0.3) is 0 Å². The molecule has 4 heteroatoms. The molecule has 0 aromatic heterocycles. The number of hydrogen-bond donors (Lipinski definition) is 3. The van der Waals surface area contributed by atoms with Crippen LogP contribution in [0.4, 0.5) is 0 Å². The lowest BCUT2D eigenvalue weighted by Gasteiger charge is -2.23. The van der Waals surface area contributed by atoms with Gasteiger partial charge in [-0.3, -0.25) is 0 Å². The lowest BCUT2D eigenvalue weighted by Crippen LogP contribution is -2.26. The maximum atomic E-state index is 5.89. The molecule has 0 aliphatic carbocycles. The summed E-state index contributed by atoms with van der Waals surface area (Å²) < 4.78 is 0. The highest BCUT2D eigenvalue weighted by atomic mass is 35.5. The predicted octanol–water partition coefficient (Wildman–Crippen LogP) is 1.86. The second kappa shape index (κ2) is 3.76. The van der Waals surface area contributed by atoms with Crippen LogP contribution in [0.1, 0.15) is 11.6 Å². The molecule has 0 fully saturated rings. The van der Waals surface area contributed by atoms with Crippen molar-refractivity contribution < 1.29 is 0 Å². The van der Waals surface area contributed by atoms with Crippen LogP contribution >= 0.6 is 11.6 Å². The molecule has 1 aromatic carbocycles. The van der Waals surface area contributed by atoms with Crippen LogP contribution in [-0.4, -0.2) is 6.67 Å².